The summed E-state index contributed by atoms with van der Waals surface area (Å²) in [7, 11) is 4.22. The standard InChI is InChI=1S/C17H21N3S/c1-19(2)11-12-20-15-10-6-9-14(15)17(21)18-16(20)13-7-4-3-5-8-13/h3-5,7-8H,6,9-12H2,1-2H3. The van der Waals surface area contributed by atoms with E-state index in [1.165, 1.54) is 17.7 Å². The molecule has 0 atom stereocenters. The van der Waals surface area contributed by atoms with Crippen LogP contribution in [0.3, 0.4) is 0 Å². The summed E-state index contributed by atoms with van der Waals surface area (Å²) in [6.07, 6.45) is 3.40. The van der Waals surface area contributed by atoms with E-state index in [0.717, 1.165) is 42.0 Å². The Hall–Kier alpha value is -1.52. The van der Waals surface area contributed by atoms with Crippen LogP contribution in [-0.2, 0) is 19.4 Å². The zero-order valence-corrected chi connectivity index (χ0v) is 13.5. The van der Waals surface area contributed by atoms with Crippen LogP contribution in [0.4, 0.5) is 0 Å². The van der Waals surface area contributed by atoms with Crippen LogP contribution >= 0.6 is 12.2 Å². The van der Waals surface area contributed by atoms with Crippen molar-refractivity contribution in [3.05, 3.63) is 46.2 Å². The minimum absolute atomic E-state index is 0.794. The normalized spacial score (nSPS) is 13.7. The number of nitrogens with zero attached hydrogens (tertiary/aromatic N) is 3. The summed E-state index contributed by atoms with van der Waals surface area (Å²) in [6.45, 7) is 1.97. The topological polar surface area (TPSA) is 21.1 Å². The van der Waals surface area contributed by atoms with Crippen molar-refractivity contribution >= 4 is 12.2 Å². The van der Waals surface area contributed by atoms with Crippen LogP contribution in [0.25, 0.3) is 11.4 Å². The number of likely N-dealkylation sites (N-methyl/N-ethyl adjacent to an activating group) is 1. The van der Waals surface area contributed by atoms with E-state index in [9.17, 15) is 0 Å². The summed E-state index contributed by atoms with van der Waals surface area (Å²) in [5, 5.41) is 0. The molecule has 0 amide bonds. The maximum absolute atomic E-state index is 5.53. The average Bonchev–Trinajstić information content (AvgIpc) is 2.97. The van der Waals surface area contributed by atoms with Crippen molar-refractivity contribution in [1.82, 2.24) is 14.5 Å². The van der Waals surface area contributed by atoms with E-state index >= 15 is 0 Å². The van der Waals surface area contributed by atoms with Crippen LogP contribution in [0.2, 0.25) is 0 Å². The van der Waals surface area contributed by atoms with Crippen LogP contribution in [0.15, 0.2) is 30.3 Å². The predicted octanol–water partition coefficient (Wildman–Crippen LogP) is 3.33. The van der Waals surface area contributed by atoms with Gasteiger partial charge in [0, 0.05) is 29.9 Å². The number of hydrogen-bond donors (Lipinski definition) is 0. The Morgan fingerprint density at radius 2 is 1.95 bits per heavy atom. The zero-order valence-electron chi connectivity index (χ0n) is 12.7. The van der Waals surface area contributed by atoms with E-state index in [0.29, 0.717) is 0 Å². The molecule has 3 nitrogen and oxygen atoms in total. The Balaban J connectivity index is 2.14. The summed E-state index contributed by atoms with van der Waals surface area (Å²) in [5.74, 6) is 1.02. The highest BCUT2D eigenvalue weighted by atomic mass is 32.1. The SMILES string of the molecule is CN(C)CCn1c(-c2ccccc2)nc(=S)c2c1CCC2. The number of rotatable bonds is 4. The molecule has 110 valence electrons. The molecule has 0 unspecified atom stereocenters. The molecule has 4 heteroatoms. The third kappa shape index (κ3) is 2.92. The number of benzene rings is 1. The molecule has 0 fully saturated rings. The summed E-state index contributed by atoms with van der Waals surface area (Å²) >= 11 is 5.53. The van der Waals surface area contributed by atoms with Gasteiger partial charge in [-0.2, -0.15) is 0 Å². The van der Waals surface area contributed by atoms with Crippen LogP contribution in [0.5, 0.6) is 0 Å². The number of hydrogen-bond acceptors (Lipinski definition) is 3. The highest BCUT2D eigenvalue weighted by Gasteiger charge is 2.20. The Morgan fingerprint density at radius 3 is 2.67 bits per heavy atom. The molecule has 1 aliphatic rings. The first-order valence-corrected chi connectivity index (χ1v) is 7.90. The van der Waals surface area contributed by atoms with Crippen LogP contribution in [0.1, 0.15) is 17.7 Å². The van der Waals surface area contributed by atoms with Gasteiger partial charge < -0.3 is 9.47 Å². The fraction of sp³-hybridized carbons (Fsp3) is 0.412. The van der Waals surface area contributed by atoms with Gasteiger partial charge in [0.05, 0.1) is 0 Å². The molecule has 0 saturated carbocycles. The van der Waals surface area contributed by atoms with Crippen molar-refractivity contribution in [1.29, 1.82) is 0 Å². The maximum atomic E-state index is 5.53. The van der Waals surface area contributed by atoms with E-state index < -0.39 is 0 Å². The van der Waals surface area contributed by atoms with Gasteiger partial charge in [-0.1, -0.05) is 42.5 Å². The molecule has 1 aromatic heterocycles. The van der Waals surface area contributed by atoms with Gasteiger partial charge in [-0.3, -0.25) is 0 Å². The lowest BCUT2D eigenvalue weighted by molar-refractivity contribution is 0.380. The van der Waals surface area contributed by atoms with Gasteiger partial charge >= 0.3 is 0 Å². The summed E-state index contributed by atoms with van der Waals surface area (Å²) in [5.41, 5.74) is 3.84. The first kappa shape index (κ1) is 14.4. The van der Waals surface area contributed by atoms with Gasteiger partial charge in [-0.15, -0.1) is 0 Å². The third-order valence-electron chi connectivity index (χ3n) is 4.04. The summed E-state index contributed by atoms with van der Waals surface area (Å²) < 4.78 is 3.18. The zero-order chi connectivity index (χ0) is 14.8. The summed E-state index contributed by atoms with van der Waals surface area (Å²) in [4.78, 5) is 6.97. The molecule has 3 rings (SSSR count). The smallest absolute Gasteiger partial charge is 0.141 e. The van der Waals surface area contributed by atoms with Gasteiger partial charge in [-0.25, -0.2) is 4.98 Å². The monoisotopic (exact) mass is 299 g/mol. The minimum Gasteiger partial charge on any atom is -0.328 e. The first-order valence-electron chi connectivity index (χ1n) is 7.49. The van der Waals surface area contributed by atoms with Crippen LogP contribution in [0, 0.1) is 4.64 Å². The lowest BCUT2D eigenvalue weighted by Gasteiger charge is -2.20. The maximum Gasteiger partial charge on any atom is 0.141 e. The fourth-order valence-electron chi connectivity index (χ4n) is 2.96. The molecule has 1 heterocycles. The van der Waals surface area contributed by atoms with E-state index in [2.05, 4.69) is 47.8 Å². The molecule has 0 aliphatic heterocycles. The second-order valence-corrected chi connectivity index (χ2v) is 6.23. The van der Waals surface area contributed by atoms with Crippen molar-refractivity contribution in [3.8, 4) is 11.4 Å². The van der Waals surface area contributed by atoms with Crippen LogP contribution in [-0.4, -0.2) is 35.1 Å². The first-order chi connectivity index (χ1) is 10.2. The van der Waals surface area contributed by atoms with Crippen molar-refractivity contribution in [2.75, 3.05) is 20.6 Å². The molecule has 0 N–H and O–H groups in total. The Labute approximate surface area is 131 Å². The van der Waals surface area contributed by atoms with Crippen molar-refractivity contribution in [3.63, 3.8) is 0 Å². The molecule has 0 radical (unpaired) electrons. The molecule has 21 heavy (non-hydrogen) atoms. The van der Waals surface area contributed by atoms with E-state index in [4.69, 9.17) is 17.2 Å². The fourth-order valence-corrected chi connectivity index (χ4v) is 3.26. The molecular formula is C17H21N3S. The molecular weight excluding hydrogens is 278 g/mol. The van der Waals surface area contributed by atoms with Gasteiger partial charge in [0.25, 0.3) is 0 Å². The number of fused-ring (bicyclic) bond motifs is 1. The molecule has 1 aromatic carbocycles. The van der Waals surface area contributed by atoms with Crippen molar-refractivity contribution in [2.45, 2.75) is 25.8 Å². The predicted molar refractivity (Wildman–Crippen MR) is 89.1 cm³/mol. The highest BCUT2D eigenvalue weighted by molar-refractivity contribution is 7.71. The van der Waals surface area contributed by atoms with Gasteiger partial charge in [0.15, 0.2) is 0 Å². The van der Waals surface area contributed by atoms with Crippen molar-refractivity contribution in [2.24, 2.45) is 0 Å². The lowest BCUT2D eigenvalue weighted by Crippen LogP contribution is -2.22. The average molecular weight is 299 g/mol. The number of aromatic nitrogens is 2. The quantitative estimate of drug-likeness (QED) is 0.808. The van der Waals surface area contributed by atoms with Gasteiger partial charge in [0.2, 0.25) is 0 Å². The lowest BCUT2D eigenvalue weighted by atomic mass is 10.1. The second kappa shape index (κ2) is 6.08. The third-order valence-corrected chi connectivity index (χ3v) is 4.38. The van der Waals surface area contributed by atoms with Crippen molar-refractivity contribution < 1.29 is 0 Å². The molecule has 0 bridgehead atoms. The largest absolute Gasteiger partial charge is 0.328 e. The van der Waals surface area contributed by atoms with Crippen LogP contribution < -0.4 is 0 Å². The Morgan fingerprint density at radius 1 is 1.19 bits per heavy atom. The Kier molecular flexibility index (Phi) is 4.17. The molecule has 0 spiro atoms. The second-order valence-electron chi connectivity index (χ2n) is 5.84. The van der Waals surface area contributed by atoms with E-state index in [1.54, 1.807) is 0 Å². The Bertz CT molecular complexity index is 689. The minimum atomic E-state index is 0.794. The van der Waals surface area contributed by atoms with E-state index in [-0.39, 0.29) is 0 Å². The van der Waals surface area contributed by atoms with Gasteiger partial charge in [-0.05, 0) is 33.4 Å². The molecule has 2 aromatic rings. The molecule has 1 aliphatic carbocycles. The molecule has 0 saturated heterocycles. The highest BCUT2D eigenvalue weighted by Crippen LogP contribution is 2.27. The van der Waals surface area contributed by atoms with E-state index in [1.807, 2.05) is 6.07 Å². The summed E-state index contributed by atoms with van der Waals surface area (Å²) in [6, 6.07) is 10.4. The van der Waals surface area contributed by atoms with Gasteiger partial charge in [0.1, 0.15) is 10.5 Å².